The zero-order chi connectivity index (χ0) is 19.7. The summed E-state index contributed by atoms with van der Waals surface area (Å²) in [5, 5.41) is 2.58. The van der Waals surface area contributed by atoms with Crippen LogP contribution < -0.4 is 10.1 Å². The van der Waals surface area contributed by atoms with Crippen LogP contribution in [0.5, 0.6) is 5.75 Å². The fourth-order valence-corrected chi connectivity index (χ4v) is 2.42. The van der Waals surface area contributed by atoms with E-state index < -0.39 is 24.1 Å². The number of benzene rings is 2. The molecule has 0 aromatic heterocycles. The summed E-state index contributed by atoms with van der Waals surface area (Å²) < 4.78 is 48.8. The van der Waals surface area contributed by atoms with Crippen molar-refractivity contribution >= 4 is 17.7 Å². The second-order valence-corrected chi connectivity index (χ2v) is 6.00. The lowest BCUT2D eigenvalue weighted by Gasteiger charge is -2.19. The molecule has 0 aliphatic heterocycles. The molecular weight excluding hydrogens is 383 g/mol. The molecule has 1 atom stereocenters. The van der Waals surface area contributed by atoms with Crippen molar-refractivity contribution in [3.63, 3.8) is 0 Å². The van der Waals surface area contributed by atoms with Crippen LogP contribution in [0.2, 0.25) is 0 Å². The minimum atomic E-state index is -4.49. The molecule has 0 spiro atoms. The van der Waals surface area contributed by atoms with Crippen LogP contribution in [0.15, 0.2) is 54.6 Å². The van der Waals surface area contributed by atoms with E-state index in [1.807, 2.05) is 30.3 Å². The number of ether oxygens (including phenoxy) is 2. The summed E-state index contributed by atoms with van der Waals surface area (Å²) in [6.45, 7) is 0.347. The molecule has 1 amide bonds. The monoisotopic (exact) mass is 401 g/mol. The van der Waals surface area contributed by atoms with Gasteiger partial charge in [0.2, 0.25) is 6.29 Å². The Morgan fingerprint density at radius 3 is 2.52 bits per heavy atom. The average molecular weight is 402 g/mol. The van der Waals surface area contributed by atoms with Gasteiger partial charge in [-0.1, -0.05) is 36.4 Å². The molecule has 0 aliphatic carbocycles. The van der Waals surface area contributed by atoms with E-state index in [2.05, 4.69) is 5.32 Å². The first-order valence-corrected chi connectivity index (χ1v) is 8.80. The van der Waals surface area contributed by atoms with Gasteiger partial charge in [-0.2, -0.15) is 13.2 Å². The number of amides is 1. The lowest BCUT2D eigenvalue weighted by Crippen LogP contribution is -2.33. The van der Waals surface area contributed by atoms with Crippen LogP contribution in [0.4, 0.5) is 18.0 Å². The van der Waals surface area contributed by atoms with Crippen LogP contribution in [-0.2, 0) is 17.3 Å². The maximum Gasteiger partial charge on any atom is 0.416 e. The first kappa shape index (κ1) is 20.9. The van der Waals surface area contributed by atoms with Crippen molar-refractivity contribution < 1.29 is 27.4 Å². The number of hydrogen-bond donors (Lipinski definition) is 1. The fraction of sp³-hybridized carbons (Fsp3) is 0.316. The Morgan fingerprint density at radius 1 is 1.11 bits per heavy atom. The van der Waals surface area contributed by atoms with Gasteiger partial charge in [-0.05, 0) is 30.2 Å². The second-order valence-electron chi connectivity index (χ2n) is 5.62. The van der Waals surface area contributed by atoms with Gasteiger partial charge in [0.1, 0.15) is 5.75 Å². The third kappa shape index (κ3) is 7.38. The van der Waals surface area contributed by atoms with Gasteiger partial charge in [-0.25, -0.2) is 4.79 Å². The SMILES string of the molecule is O=C(NCCc1ccccc1)OC(CCCl)Oc1cccc(C(F)(F)F)c1. The molecule has 0 fully saturated rings. The first-order valence-electron chi connectivity index (χ1n) is 8.27. The zero-order valence-electron chi connectivity index (χ0n) is 14.3. The van der Waals surface area contributed by atoms with Crippen LogP contribution in [0, 0.1) is 0 Å². The maximum atomic E-state index is 12.8. The summed E-state index contributed by atoms with van der Waals surface area (Å²) in [4.78, 5) is 11.9. The Kier molecular flexibility index (Phi) is 7.79. The van der Waals surface area contributed by atoms with E-state index in [0.717, 1.165) is 17.7 Å². The Balaban J connectivity index is 1.88. The van der Waals surface area contributed by atoms with E-state index in [-0.39, 0.29) is 18.1 Å². The Bertz CT molecular complexity index is 726. The molecule has 1 unspecified atom stereocenters. The summed E-state index contributed by atoms with van der Waals surface area (Å²) in [6, 6.07) is 13.9. The number of nitrogens with one attached hydrogen (secondary N) is 1. The van der Waals surface area contributed by atoms with Crippen molar-refractivity contribution in [3.8, 4) is 5.75 Å². The van der Waals surface area contributed by atoms with Crippen molar-refractivity contribution in [3.05, 3.63) is 65.7 Å². The quantitative estimate of drug-likeness (QED) is 0.499. The van der Waals surface area contributed by atoms with Gasteiger partial charge in [-0.3, -0.25) is 0 Å². The van der Waals surface area contributed by atoms with Gasteiger partial charge in [0, 0.05) is 18.8 Å². The third-order valence-electron chi connectivity index (χ3n) is 3.54. The average Bonchev–Trinajstić information content (AvgIpc) is 2.62. The molecule has 2 aromatic carbocycles. The molecule has 2 aromatic rings. The van der Waals surface area contributed by atoms with E-state index in [1.165, 1.54) is 12.1 Å². The topological polar surface area (TPSA) is 47.6 Å². The molecule has 146 valence electrons. The normalized spacial score (nSPS) is 12.3. The number of carbonyl (C=O) groups is 1. The number of carbonyl (C=O) groups excluding carboxylic acids is 1. The van der Waals surface area contributed by atoms with E-state index in [1.54, 1.807) is 0 Å². The Morgan fingerprint density at radius 2 is 1.85 bits per heavy atom. The van der Waals surface area contributed by atoms with Crippen LogP contribution in [0.1, 0.15) is 17.5 Å². The lowest BCUT2D eigenvalue weighted by atomic mass is 10.1. The summed E-state index contributed by atoms with van der Waals surface area (Å²) >= 11 is 5.66. The van der Waals surface area contributed by atoms with E-state index in [9.17, 15) is 18.0 Å². The molecule has 0 saturated carbocycles. The lowest BCUT2D eigenvalue weighted by molar-refractivity contribution is -0.137. The van der Waals surface area contributed by atoms with Crippen molar-refractivity contribution in [2.45, 2.75) is 25.3 Å². The second kappa shape index (κ2) is 10.1. The highest BCUT2D eigenvalue weighted by Crippen LogP contribution is 2.31. The summed E-state index contributed by atoms with van der Waals surface area (Å²) in [5.41, 5.74) is 0.201. The molecule has 4 nitrogen and oxygen atoms in total. The maximum absolute atomic E-state index is 12.8. The van der Waals surface area contributed by atoms with Crippen LogP contribution >= 0.6 is 11.6 Å². The highest BCUT2D eigenvalue weighted by atomic mass is 35.5. The van der Waals surface area contributed by atoms with Crippen molar-refractivity contribution in [1.29, 1.82) is 0 Å². The summed E-state index contributed by atoms with van der Waals surface area (Å²) in [7, 11) is 0. The first-order chi connectivity index (χ1) is 12.9. The van der Waals surface area contributed by atoms with Gasteiger partial charge < -0.3 is 14.8 Å². The van der Waals surface area contributed by atoms with Crippen LogP contribution in [0.3, 0.4) is 0 Å². The van der Waals surface area contributed by atoms with Gasteiger partial charge >= 0.3 is 12.3 Å². The molecule has 1 N–H and O–H groups in total. The number of halogens is 4. The van der Waals surface area contributed by atoms with Crippen molar-refractivity contribution in [2.75, 3.05) is 12.4 Å². The highest BCUT2D eigenvalue weighted by Gasteiger charge is 2.31. The third-order valence-corrected chi connectivity index (χ3v) is 3.76. The van der Waals surface area contributed by atoms with Gasteiger partial charge in [0.15, 0.2) is 0 Å². The predicted molar refractivity (Wildman–Crippen MR) is 95.8 cm³/mol. The molecule has 0 heterocycles. The fourth-order valence-electron chi connectivity index (χ4n) is 2.24. The van der Waals surface area contributed by atoms with Crippen LogP contribution in [-0.4, -0.2) is 24.8 Å². The molecule has 0 radical (unpaired) electrons. The van der Waals surface area contributed by atoms with Crippen LogP contribution in [0.25, 0.3) is 0 Å². The van der Waals surface area contributed by atoms with E-state index in [4.69, 9.17) is 21.1 Å². The van der Waals surface area contributed by atoms with E-state index >= 15 is 0 Å². The zero-order valence-corrected chi connectivity index (χ0v) is 15.1. The molecule has 8 heteroatoms. The molecule has 0 aliphatic rings. The molecule has 2 rings (SSSR count). The summed E-state index contributed by atoms with van der Waals surface area (Å²) in [6.07, 6.45) is -5.57. The Labute approximate surface area is 160 Å². The smallest absolute Gasteiger partial charge is 0.416 e. The van der Waals surface area contributed by atoms with Gasteiger partial charge in [0.05, 0.1) is 5.56 Å². The number of hydrogen-bond acceptors (Lipinski definition) is 3. The number of alkyl carbamates (subject to hydrolysis) is 1. The van der Waals surface area contributed by atoms with E-state index in [0.29, 0.717) is 13.0 Å². The Hall–Kier alpha value is -2.41. The number of rotatable bonds is 8. The van der Waals surface area contributed by atoms with Crippen molar-refractivity contribution in [2.24, 2.45) is 0 Å². The molecule has 0 saturated heterocycles. The minimum Gasteiger partial charge on any atom is -0.455 e. The van der Waals surface area contributed by atoms with Gasteiger partial charge in [-0.15, -0.1) is 11.6 Å². The standard InChI is InChI=1S/C19H19ClF3NO3/c20-11-9-17(26-16-8-4-7-15(13-16)19(21,22)23)27-18(25)24-12-10-14-5-2-1-3-6-14/h1-8,13,17H,9-12H2,(H,24,25). The summed E-state index contributed by atoms with van der Waals surface area (Å²) in [5.74, 6) is 0.0537. The highest BCUT2D eigenvalue weighted by molar-refractivity contribution is 6.17. The molecule has 0 bridgehead atoms. The minimum absolute atomic E-state index is 0.0583. The largest absolute Gasteiger partial charge is 0.455 e. The molecular formula is C19H19ClF3NO3. The van der Waals surface area contributed by atoms with Crippen molar-refractivity contribution in [1.82, 2.24) is 5.32 Å². The van der Waals surface area contributed by atoms with Gasteiger partial charge in [0.25, 0.3) is 0 Å². The molecule has 27 heavy (non-hydrogen) atoms. The predicted octanol–water partition coefficient (Wildman–Crippen LogP) is 5.01. The number of alkyl halides is 4.